The van der Waals surface area contributed by atoms with Crippen molar-refractivity contribution < 1.29 is 9.18 Å². The van der Waals surface area contributed by atoms with Crippen molar-refractivity contribution in [2.24, 2.45) is 0 Å². The monoisotopic (exact) mass is 390 g/mol. The topological polar surface area (TPSA) is 58.1 Å². The molecule has 0 aliphatic carbocycles. The van der Waals surface area contributed by atoms with Crippen LogP contribution in [0.5, 0.6) is 0 Å². The largest absolute Gasteiger partial charge is 0.338 e. The number of benzene rings is 2. The molecule has 2 aromatic carbocycles. The summed E-state index contributed by atoms with van der Waals surface area (Å²) < 4.78 is 13.7. The molecule has 0 fully saturated rings. The van der Waals surface area contributed by atoms with E-state index in [2.05, 4.69) is 15.3 Å². The van der Waals surface area contributed by atoms with Crippen molar-refractivity contribution in [3.8, 4) is 0 Å². The van der Waals surface area contributed by atoms with Gasteiger partial charge in [-0.2, -0.15) is 4.98 Å². The SMILES string of the molecule is CN(C(=O)c1ccc(Nc2nc(Cl)ncc2F)cc1)c1ccccc1Cl. The minimum Gasteiger partial charge on any atom is -0.338 e. The van der Waals surface area contributed by atoms with Crippen molar-refractivity contribution in [3.63, 3.8) is 0 Å². The summed E-state index contributed by atoms with van der Waals surface area (Å²) in [6.07, 6.45) is 0.980. The summed E-state index contributed by atoms with van der Waals surface area (Å²) in [4.78, 5) is 21.4. The minimum atomic E-state index is -0.631. The second-order valence-electron chi connectivity index (χ2n) is 5.35. The molecule has 1 aromatic heterocycles. The van der Waals surface area contributed by atoms with Crippen molar-refractivity contribution >= 4 is 46.3 Å². The Balaban J connectivity index is 1.78. The number of carbonyl (C=O) groups is 1. The highest BCUT2D eigenvalue weighted by Gasteiger charge is 2.15. The number of hydrogen-bond donors (Lipinski definition) is 1. The zero-order valence-corrected chi connectivity index (χ0v) is 15.1. The van der Waals surface area contributed by atoms with Crippen molar-refractivity contribution in [1.29, 1.82) is 0 Å². The summed E-state index contributed by atoms with van der Waals surface area (Å²) in [5.74, 6) is -0.897. The van der Waals surface area contributed by atoms with E-state index in [4.69, 9.17) is 23.2 Å². The third-order valence-electron chi connectivity index (χ3n) is 3.63. The molecule has 0 radical (unpaired) electrons. The van der Waals surface area contributed by atoms with Gasteiger partial charge in [-0.1, -0.05) is 23.7 Å². The van der Waals surface area contributed by atoms with Gasteiger partial charge in [0.1, 0.15) is 0 Å². The van der Waals surface area contributed by atoms with Crippen LogP contribution < -0.4 is 10.2 Å². The van der Waals surface area contributed by atoms with Gasteiger partial charge in [0.2, 0.25) is 5.28 Å². The van der Waals surface area contributed by atoms with Crippen LogP contribution in [0.15, 0.2) is 54.7 Å². The fraction of sp³-hybridized carbons (Fsp3) is 0.0556. The molecular formula is C18H13Cl2FN4O. The van der Waals surface area contributed by atoms with Gasteiger partial charge in [0.15, 0.2) is 11.6 Å². The molecule has 0 bridgehead atoms. The number of nitrogens with one attached hydrogen (secondary N) is 1. The lowest BCUT2D eigenvalue weighted by atomic mass is 10.1. The maximum atomic E-state index is 13.7. The first-order valence-corrected chi connectivity index (χ1v) is 8.29. The summed E-state index contributed by atoms with van der Waals surface area (Å²) in [7, 11) is 1.65. The van der Waals surface area contributed by atoms with E-state index in [1.54, 1.807) is 55.6 Å². The summed E-state index contributed by atoms with van der Waals surface area (Å²) in [6.45, 7) is 0. The minimum absolute atomic E-state index is 0.0442. The Morgan fingerprint density at radius 1 is 1.12 bits per heavy atom. The Hall–Kier alpha value is -2.70. The highest BCUT2D eigenvalue weighted by molar-refractivity contribution is 6.34. The lowest BCUT2D eigenvalue weighted by molar-refractivity contribution is 0.0993. The van der Waals surface area contributed by atoms with Crippen molar-refractivity contribution in [3.05, 3.63) is 76.4 Å². The number of rotatable bonds is 4. The first-order chi connectivity index (χ1) is 12.5. The number of halogens is 3. The normalized spacial score (nSPS) is 10.5. The van der Waals surface area contributed by atoms with Gasteiger partial charge >= 0.3 is 0 Å². The highest BCUT2D eigenvalue weighted by Crippen LogP contribution is 2.26. The number of anilines is 3. The number of para-hydroxylation sites is 1. The third kappa shape index (κ3) is 3.92. The Morgan fingerprint density at radius 3 is 2.50 bits per heavy atom. The van der Waals surface area contributed by atoms with Crippen LogP contribution in [0.4, 0.5) is 21.6 Å². The maximum Gasteiger partial charge on any atom is 0.258 e. The smallest absolute Gasteiger partial charge is 0.258 e. The molecule has 5 nitrogen and oxygen atoms in total. The molecule has 3 rings (SSSR count). The highest BCUT2D eigenvalue weighted by atomic mass is 35.5. The van der Waals surface area contributed by atoms with E-state index in [0.717, 1.165) is 6.20 Å². The van der Waals surface area contributed by atoms with Crippen LogP contribution in [-0.2, 0) is 0 Å². The van der Waals surface area contributed by atoms with Crippen LogP contribution >= 0.6 is 23.2 Å². The van der Waals surface area contributed by atoms with Crippen molar-refractivity contribution in [2.75, 3.05) is 17.3 Å². The van der Waals surface area contributed by atoms with Gasteiger partial charge in [0, 0.05) is 18.3 Å². The van der Waals surface area contributed by atoms with E-state index in [9.17, 15) is 9.18 Å². The summed E-state index contributed by atoms with van der Waals surface area (Å²) in [6, 6.07) is 13.6. The Bertz CT molecular complexity index is 950. The van der Waals surface area contributed by atoms with E-state index in [1.165, 1.54) is 4.90 Å². The van der Waals surface area contributed by atoms with Gasteiger partial charge in [0.25, 0.3) is 5.91 Å². The summed E-state index contributed by atoms with van der Waals surface area (Å²) in [5, 5.41) is 3.21. The van der Waals surface area contributed by atoms with E-state index >= 15 is 0 Å². The molecule has 0 saturated heterocycles. The van der Waals surface area contributed by atoms with E-state index < -0.39 is 5.82 Å². The first kappa shape index (κ1) is 18.1. The lowest BCUT2D eigenvalue weighted by Crippen LogP contribution is -2.26. The van der Waals surface area contributed by atoms with E-state index in [1.807, 2.05) is 0 Å². The molecule has 1 heterocycles. The predicted octanol–water partition coefficient (Wildman–Crippen LogP) is 4.94. The predicted molar refractivity (Wildman–Crippen MR) is 101 cm³/mol. The second kappa shape index (κ2) is 7.68. The van der Waals surface area contributed by atoms with Crippen LogP contribution in [0.2, 0.25) is 10.3 Å². The van der Waals surface area contributed by atoms with Gasteiger partial charge in [-0.15, -0.1) is 0 Å². The molecule has 8 heteroatoms. The zero-order chi connectivity index (χ0) is 18.7. The molecule has 1 amide bonds. The second-order valence-corrected chi connectivity index (χ2v) is 6.10. The molecule has 0 unspecified atom stereocenters. The summed E-state index contributed by atoms with van der Waals surface area (Å²) >= 11 is 11.8. The Labute approximate surface area is 159 Å². The molecule has 132 valence electrons. The van der Waals surface area contributed by atoms with Gasteiger partial charge in [-0.25, -0.2) is 9.37 Å². The Morgan fingerprint density at radius 2 is 1.81 bits per heavy atom. The number of carbonyl (C=O) groups excluding carboxylic acids is 1. The van der Waals surface area contributed by atoms with Crippen LogP contribution in [0.3, 0.4) is 0 Å². The van der Waals surface area contributed by atoms with Crippen molar-refractivity contribution in [2.45, 2.75) is 0 Å². The number of aromatic nitrogens is 2. The van der Waals surface area contributed by atoms with Crippen LogP contribution in [0, 0.1) is 5.82 Å². The molecule has 0 saturated carbocycles. The van der Waals surface area contributed by atoms with Crippen LogP contribution in [-0.4, -0.2) is 22.9 Å². The fourth-order valence-electron chi connectivity index (χ4n) is 2.29. The van der Waals surface area contributed by atoms with Gasteiger partial charge in [-0.05, 0) is 48.0 Å². The van der Waals surface area contributed by atoms with Gasteiger partial charge < -0.3 is 10.2 Å². The van der Waals surface area contributed by atoms with E-state index in [-0.39, 0.29) is 17.0 Å². The average Bonchev–Trinajstić information content (AvgIpc) is 2.64. The number of hydrogen-bond acceptors (Lipinski definition) is 4. The third-order valence-corrected chi connectivity index (χ3v) is 4.13. The molecule has 0 atom stereocenters. The number of amides is 1. The van der Waals surface area contributed by atoms with Gasteiger partial charge in [0.05, 0.1) is 16.9 Å². The molecular weight excluding hydrogens is 378 g/mol. The molecule has 0 spiro atoms. The molecule has 0 aliphatic heterocycles. The first-order valence-electron chi connectivity index (χ1n) is 7.53. The summed E-state index contributed by atoms with van der Waals surface area (Å²) in [5.41, 5.74) is 1.62. The standard InChI is InChI=1S/C18H13Cl2FN4O/c1-25(15-5-3-2-4-13(15)19)17(26)11-6-8-12(9-7-11)23-16-14(21)10-22-18(20)24-16/h2-10H,1H3,(H,22,23,24). The molecule has 3 aromatic rings. The van der Waals surface area contributed by atoms with E-state index in [0.29, 0.717) is 22.0 Å². The number of nitrogens with zero attached hydrogens (tertiary/aromatic N) is 3. The lowest BCUT2D eigenvalue weighted by Gasteiger charge is -2.19. The van der Waals surface area contributed by atoms with Gasteiger partial charge in [-0.3, -0.25) is 4.79 Å². The molecule has 26 heavy (non-hydrogen) atoms. The molecule has 0 aliphatic rings. The van der Waals surface area contributed by atoms with Crippen LogP contribution in [0.1, 0.15) is 10.4 Å². The average molecular weight is 391 g/mol. The quantitative estimate of drug-likeness (QED) is 0.640. The maximum absolute atomic E-state index is 13.7. The fourth-order valence-corrected chi connectivity index (χ4v) is 2.69. The Kier molecular flexibility index (Phi) is 5.35. The molecule has 1 N–H and O–H groups in total. The van der Waals surface area contributed by atoms with Crippen LogP contribution in [0.25, 0.3) is 0 Å². The van der Waals surface area contributed by atoms with Crippen molar-refractivity contribution in [1.82, 2.24) is 9.97 Å². The zero-order valence-electron chi connectivity index (χ0n) is 13.6.